The van der Waals surface area contributed by atoms with Crippen LogP contribution >= 0.6 is 11.5 Å². The number of carbonyl (C=O) groups is 1. The lowest BCUT2D eigenvalue weighted by molar-refractivity contribution is 0.0711. The first-order chi connectivity index (χ1) is 11.2. The van der Waals surface area contributed by atoms with Gasteiger partial charge in [-0.15, -0.1) is 5.10 Å². The summed E-state index contributed by atoms with van der Waals surface area (Å²) >= 11 is 1.21. The van der Waals surface area contributed by atoms with Crippen molar-refractivity contribution in [3.63, 3.8) is 0 Å². The van der Waals surface area contributed by atoms with Gasteiger partial charge >= 0.3 is 0 Å². The van der Waals surface area contributed by atoms with Gasteiger partial charge in [-0.3, -0.25) is 4.79 Å². The highest BCUT2D eigenvalue weighted by Gasteiger charge is 2.28. The average Bonchev–Trinajstić information content (AvgIpc) is 3.10. The van der Waals surface area contributed by atoms with Crippen molar-refractivity contribution in [2.45, 2.75) is 32.1 Å². The van der Waals surface area contributed by atoms with E-state index in [1.165, 1.54) is 17.1 Å². The maximum absolute atomic E-state index is 12.8. The first-order valence-electron chi connectivity index (χ1n) is 7.97. The average molecular weight is 331 g/mol. The van der Waals surface area contributed by atoms with E-state index in [1.807, 2.05) is 31.1 Å². The van der Waals surface area contributed by atoms with Gasteiger partial charge in [-0.2, -0.15) is 0 Å². The summed E-state index contributed by atoms with van der Waals surface area (Å²) in [6.45, 7) is 3.55. The molecule has 1 fully saturated rings. The van der Waals surface area contributed by atoms with E-state index in [1.54, 1.807) is 0 Å². The highest BCUT2D eigenvalue weighted by atomic mass is 32.1. The minimum Gasteiger partial charge on any atom is -0.373 e. The molecule has 3 heterocycles. The van der Waals surface area contributed by atoms with Gasteiger partial charge in [0.2, 0.25) is 0 Å². The van der Waals surface area contributed by atoms with Crippen LogP contribution < -0.4 is 5.32 Å². The molecule has 2 aromatic heterocycles. The number of anilines is 1. The second kappa shape index (κ2) is 7.04. The number of likely N-dealkylation sites (tertiary alicyclic amines) is 1. The number of piperidine rings is 1. The summed E-state index contributed by atoms with van der Waals surface area (Å²) in [5.74, 6) is 1.30. The van der Waals surface area contributed by atoms with Crippen molar-refractivity contribution in [3.05, 3.63) is 34.5 Å². The van der Waals surface area contributed by atoms with Gasteiger partial charge in [0.15, 0.2) is 0 Å². The summed E-state index contributed by atoms with van der Waals surface area (Å²) in [5, 5.41) is 7.13. The Morgan fingerprint density at radius 2 is 2.39 bits per heavy atom. The molecule has 1 aliphatic rings. The summed E-state index contributed by atoms with van der Waals surface area (Å²) in [4.78, 5) is 19.7. The summed E-state index contributed by atoms with van der Waals surface area (Å²) < 4.78 is 3.94. The van der Waals surface area contributed by atoms with Crippen molar-refractivity contribution in [2.24, 2.45) is 0 Å². The first-order valence-corrected chi connectivity index (χ1v) is 8.74. The lowest BCUT2D eigenvalue weighted by atomic mass is 9.91. The molecule has 1 amide bonds. The third-order valence-electron chi connectivity index (χ3n) is 4.31. The SMILES string of the molecule is CCc1nnsc1C(=O)N1CCCC(c2ccnc(NC)c2)C1. The smallest absolute Gasteiger partial charge is 0.267 e. The fourth-order valence-electron chi connectivity index (χ4n) is 3.02. The predicted molar refractivity (Wildman–Crippen MR) is 90.9 cm³/mol. The highest BCUT2D eigenvalue weighted by molar-refractivity contribution is 7.08. The molecule has 0 radical (unpaired) electrons. The van der Waals surface area contributed by atoms with Crippen LogP contribution in [0.1, 0.15) is 46.6 Å². The van der Waals surface area contributed by atoms with E-state index in [9.17, 15) is 4.79 Å². The Labute approximate surface area is 140 Å². The number of nitrogens with one attached hydrogen (secondary N) is 1. The molecule has 0 aliphatic carbocycles. The van der Waals surface area contributed by atoms with Crippen molar-refractivity contribution < 1.29 is 4.79 Å². The number of rotatable bonds is 4. The summed E-state index contributed by atoms with van der Waals surface area (Å²) in [5.41, 5.74) is 2.04. The number of pyridine rings is 1. The molecule has 1 aliphatic heterocycles. The molecule has 0 bridgehead atoms. The second-order valence-electron chi connectivity index (χ2n) is 5.72. The van der Waals surface area contributed by atoms with Gasteiger partial charge in [-0.1, -0.05) is 11.4 Å². The highest BCUT2D eigenvalue weighted by Crippen LogP contribution is 2.29. The number of hydrogen-bond acceptors (Lipinski definition) is 6. The van der Waals surface area contributed by atoms with Crippen molar-refractivity contribution in [1.29, 1.82) is 0 Å². The van der Waals surface area contributed by atoms with Gasteiger partial charge in [0, 0.05) is 32.3 Å². The third-order valence-corrected chi connectivity index (χ3v) is 5.06. The lowest BCUT2D eigenvalue weighted by Crippen LogP contribution is -2.39. The fourth-order valence-corrected chi connectivity index (χ4v) is 3.74. The zero-order valence-corrected chi connectivity index (χ0v) is 14.3. The van der Waals surface area contributed by atoms with Gasteiger partial charge in [0.05, 0.1) is 5.69 Å². The van der Waals surface area contributed by atoms with E-state index >= 15 is 0 Å². The Kier molecular flexibility index (Phi) is 4.85. The zero-order chi connectivity index (χ0) is 16.2. The van der Waals surface area contributed by atoms with Crippen LogP contribution in [0, 0.1) is 0 Å². The van der Waals surface area contributed by atoms with Crippen LogP contribution in [0.4, 0.5) is 5.82 Å². The molecule has 0 saturated carbocycles. The van der Waals surface area contributed by atoms with E-state index in [4.69, 9.17) is 0 Å². The normalized spacial score (nSPS) is 18.0. The zero-order valence-electron chi connectivity index (χ0n) is 13.5. The summed E-state index contributed by atoms with van der Waals surface area (Å²) in [6.07, 6.45) is 4.68. The van der Waals surface area contributed by atoms with Gasteiger partial charge < -0.3 is 10.2 Å². The minimum absolute atomic E-state index is 0.0736. The molecule has 122 valence electrons. The Balaban J connectivity index is 1.76. The van der Waals surface area contributed by atoms with E-state index in [2.05, 4.69) is 26.0 Å². The van der Waals surface area contributed by atoms with E-state index in [0.717, 1.165) is 43.9 Å². The largest absolute Gasteiger partial charge is 0.373 e. The van der Waals surface area contributed by atoms with Crippen LogP contribution in [0.25, 0.3) is 0 Å². The Morgan fingerprint density at radius 1 is 1.52 bits per heavy atom. The van der Waals surface area contributed by atoms with Crippen molar-refractivity contribution in [2.75, 3.05) is 25.5 Å². The van der Waals surface area contributed by atoms with Crippen molar-refractivity contribution >= 4 is 23.3 Å². The number of aryl methyl sites for hydroxylation is 1. The molecular weight excluding hydrogens is 310 g/mol. The molecule has 1 unspecified atom stereocenters. The molecular formula is C16H21N5OS. The van der Waals surface area contributed by atoms with E-state index in [0.29, 0.717) is 10.8 Å². The number of amides is 1. The van der Waals surface area contributed by atoms with Crippen LogP contribution in [0.3, 0.4) is 0 Å². The maximum Gasteiger partial charge on any atom is 0.267 e. The molecule has 1 N–H and O–H groups in total. The molecule has 3 rings (SSSR count). The molecule has 23 heavy (non-hydrogen) atoms. The molecule has 1 atom stereocenters. The van der Waals surface area contributed by atoms with Gasteiger partial charge in [0.1, 0.15) is 10.7 Å². The van der Waals surface area contributed by atoms with Crippen LogP contribution in [0.2, 0.25) is 0 Å². The predicted octanol–water partition coefficient (Wildman–Crippen LogP) is 2.56. The molecule has 2 aromatic rings. The summed E-state index contributed by atoms with van der Waals surface area (Å²) in [6, 6.07) is 4.12. The second-order valence-corrected chi connectivity index (χ2v) is 6.47. The maximum atomic E-state index is 12.8. The summed E-state index contributed by atoms with van der Waals surface area (Å²) in [7, 11) is 1.87. The Hall–Kier alpha value is -2.02. The molecule has 1 saturated heterocycles. The standard InChI is InChI=1S/C16H21N5OS/c1-3-13-15(23-20-19-13)16(22)21-8-4-5-12(10-21)11-6-7-18-14(9-11)17-2/h6-7,9,12H,3-5,8,10H2,1-2H3,(H,17,18). The lowest BCUT2D eigenvalue weighted by Gasteiger charge is -2.33. The van der Waals surface area contributed by atoms with Crippen LogP contribution in [0.15, 0.2) is 18.3 Å². The van der Waals surface area contributed by atoms with E-state index < -0.39 is 0 Å². The third kappa shape index (κ3) is 3.34. The molecule has 6 nitrogen and oxygen atoms in total. The first kappa shape index (κ1) is 15.9. The Morgan fingerprint density at radius 3 is 3.17 bits per heavy atom. The monoisotopic (exact) mass is 331 g/mol. The molecule has 0 spiro atoms. The minimum atomic E-state index is 0.0736. The number of hydrogen-bond donors (Lipinski definition) is 1. The Bertz CT molecular complexity index is 687. The quantitative estimate of drug-likeness (QED) is 0.932. The van der Waals surface area contributed by atoms with Crippen molar-refractivity contribution in [1.82, 2.24) is 19.5 Å². The fraction of sp³-hybridized carbons (Fsp3) is 0.500. The van der Waals surface area contributed by atoms with E-state index in [-0.39, 0.29) is 5.91 Å². The number of nitrogens with zero attached hydrogens (tertiary/aromatic N) is 4. The van der Waals surface area contributed by atoms with Gasteiger partial charge in [-0.05, 0) is 48.5 Å². The number of carbonyl (C=O) groups excluding carboxylic acids is 1. The van der Waals surface area contributed by atoms with Crippen LogP contribution in [0.5, 0.6) is 0 Å². The molecule has 0 aromatic carbocycles. The van der Waals surface area contributed by atoms with Crippen molar-refractivity contribution in [3.8, 4) is 0 Å². The molecule has 7 heteroatoms. The van der Waals surface area contributed by atoms with Crippen LogP contribution in [-0.2, 0) is 6.42 Å². The van der Waals surface area contributed by atoms with Gasteiger partial charge in [-0.25, -0.2) is 4.98 Å². The number of aromatic nitrogens is 3. The topological polar surface area (TPSA) is 71.0 Å². The van der Waals surface area contributed by atoms with Gasteiger partial charge in [0.25, 0.3) is 5.91 Å². The van der Waals surface area contributed by atoms with Crippen LogP contribution in [-0.4, -0.2) is 45.5 Å².